The molecule has 0 saturated heterocycles. The molecule has 0 aliphatic heterocycles. The first kappa shape index (κ1) is 49.9. The molecule has 60 heavy (non-hydrogen) atoms. The Kier molecular flexibility index (Phi) is 26.9. The van der Waals surface area contributed by atoms with Crippen molar-refractivity contribution in [2.45, 2.75) is 57.2 Å². The predicted molar refractivity (Wildman–Crippen MR) is 216 cm³/mol. The van der Waals surface area contributed by atoms with Gasteiger partial charge in [-0.25, -0.2) is 19.2 Å². The van der Waals surface area contributed by atoms with Crippen molar-refractivity contribution >= 4 is 23.9 Å². The van der Waals surface area contributed by atoms with Crippen LogP contribution in [0.4, 0.5) is 0 Å². The highest BCUT2D eigenvalue weighted by Gasteiger charge is 2.22. The first-order valence-corrected chi connectivity index (χ1v) is 20.4. The fraction of sp³-hybridized carbons (Fsp3) is 0.591. The van der Waals surface area contributed by atoms with Crippen molar-refractivity contribution in [1.82, 2.24) is 0 Å². The maximum Gasteiger partial charge on any atom is 0.389 e. The third-order valence-corrected chi connectivity index (χ3v) is 8.85. The lowest BCUT2D eigenvalue weighted by Crippen LogP contribution is -2.23. The molecular formula is C44H60O16. The number of esters is 4. The van der Waals surface area contributed by atoms with Crippen LogP contribution in [0.5, 0.6) is 11.5 Å². The molecule has 1 atom stereocenters. The molecule has 0 bridgehead atoms. The molecular weight excluding hydrogens is 784 g/mol. The van der Waals surface area contributed by atoms with Gasteiger partial charge >= 0.3 is 23.9 Å². The van der Waals surface area contributed by atoms with Crippen LogP contribution >= 0.6 is 0 Å². The second kappa shape index (κ2) is 32.3. The van der Waals surface area contributed by atoms with E-state index in [-0.39, 0.29) is 31.3 Å². The van der Waals surface area contributed by atoms with Gasteiger partial charge < -0.3 is 56.8 Å². The summed E-state index contributed by atoms with van der Waals surface area (Å²) in [6, 6.07) is 6.26. The third-order valence-electron chi connectivity index (χ3n) is 8.85. The highest BCUT2D eigenvalue weighted by molar-refractivity contribution is 5.91. The summed E-state index contributed by atoms with van der Waals surface area (Å²) in [4.78, 5) is 47.0. The lowest BCUT2D eigenvalue weighted by atomic mass is 9.88. The molecule has 3 rings (SSSR count). The molecule has 1 fully saturated rings. The molecule has 1 aromatic rings. The molecule has 16 heteroatoms. The molecule has 1 saturated carbocycles. The monoisotopic (exact) mass is 844 g/mol. The van der Waals surface area contributed by atoms with Gasteiger partial charge in [0.25, 0.3) is 0 Å². The Bertz CT molecular complexity index is 1510. The van der Waals surface area contributed by atoms with E-state index in [0.717, 1.165) is 37.8 Å². The lowest BCUT2D eigenvalue weighted by molar-refractivity contribution is -0.140. The smallest absolute Gasteiger partial charge is 0.389 e. The maximum absolute atomic E-state index is 12.7. The SMILES string of the molecule is C=CC(=O)OCCOCCOCCOCCOC1CC=C(C(=O)Oc2ccc(OC(=O)C#CC3CCC(OCCOCCOCCOCCOC(=O)C=C)CC3)cc2)CC1. The van der Waals surface area contributed by atoms with E-state index in [4.69, 9.17) is 56.8 Å². The van der Waals surface area contributed by atoms with Crippen LogP contribution in [0.15, 0.2) is 61.2 Å². The molecule has 0 radical (unpaired) electrons. The van der Waals surface area contributed by atoms with Crippen LogP contribution < -0.4 is 9.47 Å². The average molecular weight is 845 g/mol. The Morgan fingerprint density at radius 3 is 1.43 bits per heavy atom. The molecule has 0 spiro atoms. The van der Waals surface area contributed by atoms with E-state index < -0.39 is 23.9 Å². The average Bonchev–Trinajstić information content (AvgIpc) is 3.27. The quantitative estimate of drug-likeness (QED) is 0.0260. The summed E-state index contributed by atoms with van der Waals surface area (Å²) in [7, 11) is 0. The van der Waals surface area contributed by atoms with Crippen LogP contribution in [0.1, 0.15) is 44.9 Å². The van der Waals surface area contributed by atoms with Gasteiger partial charge in [-0.05, 0) is 69.2 Å². The molecule has 0 heterocycles. The number of rotatable bonds is 31. The maximum atomic E-state index is 12.7. The summed E-state index contributed by atoms with van der Waals surface area (Å²) < 4.78 is 64.9. The summed E-state index contributed by atoms with van der Waals surface area (Å²) in [6.45, 7) is 12.8. The highest BCUT2D eigenvalue weighted by atomic mass is 16.6. The summed E-state index contributed by atoms with van der Waals surface area (Å²) in [5.41, 5.74) is 0.589. The first-order chi connectivity index (χ1) is 29.4. The summed E-state index contributed by atoms with van der Waals surface area (Å²) in [5, 5.41) is 0. The van der Waals surface area contributed by atoms with Crippen LogP contribution in [-0.2, 0) is 66.5 Å². The standard InChI is InChI=1S/C44H60O16/c1-3-41(45)57-33-29-53-25-21-49-19-23-51-27-31-55-37-10-5-35(6-11-37)7-18-43(47)59-39-14-16-40(17-15-39)60-44(48)36-8-12-38(13-9-36)56-32-28-52-24-20-50-22-26-54-30-34-58-42(46)4-2/h3-4,8,14-17,35,37-38H,1-2,5-6,9-13,19-34H2. The zero-order valence-electron chi connectivity index (χ0n) is 34.5. The van der Waals surface area contributed by atoms with Crippen LogP contribution in [-0.4, -0.2) is 142 Å². The van der Waals surface area contributed by atoms with Crippen molar-refractivity contribution in [2.24, 2.45) is 5.92 Å². The lowest BCUT2D eigenvalue weighted by Gasteiger charge is -2.25. The molecule has 2 aliphatic rings. The third kappa shape index (κ3) is 24.0. The Morgan fingerprint density at radius 2 is 0.983 bits per heavy atom. The number of benzene rings is 1. The van der Waals surface area contributed by atoms with E-state index in [1.165, 1.54) is 0 Å². The minimum atomic E-state index is -0.649. The van der Waals surface area contributed by atoms with Gasteiger partial charge in [-0.2, -0.15) is 0 Å². The van der Waals surface area contributed by atoms with E-state index in [0.29, 0.717) is 129 Å². The largest absolute Gasteiger partial charge is 0.460 e. The molecule has 2 aliphatic carbocycles. The van der Waals surface area contributed by atoms with Crippen LogP contribution in [0.3, 0.4) is 0 Å². The molecule has 332 valence electrons. The van der Waals surface area contributed by atoms with E-state index in [2.05, 4.69) is 25.0 Å². The highest BCUT2D eigenvalue weighted by Crippen LogP contribution is 2.26. The topological polar surface area (TPSA) is 179 Å². The molecule has 0 aromatic heterocycles. The zero-order chi connectivity index (χ0) is 42.9. The van der Waals surface area contributed by atoms with Crippen molar-refractivity contribution in [2.75, 3.05) is 106 Å². The van der Waals surface area contributed by atoms with Gasteiger partial charge in [0.15, 0.2) is 0 Å². The van der Waals surface area contributed by atoms with Crippen LogP contribution in [0.2, 0.25) is 0 Å². The fourth-order valence-corrected chi connectivity index (χ4v) is 5.71. The number of carbonyl (C=O) groups is 4. The Hall–Kier alpha value is -4.44. The van der Waals surface area contributed by atoms with E-state index in [1.54, 1.807) is 24.3 Å². The first-order valence-electron chi connectivity index (χ1n) is 20.4. The van der Waals surface area contributed by atoms with Crippen molar-refractivity contribution < 1.29 is 76.0 Å². The minimum absolute atomic E-state index is 0.00562. The van der Waals surface area contributed by atoms with Gasteiger partial charge in [0, 0.05) is 29.6 Å². The van der Waals surface area contributed by atoms with E-state index in [1.807, 2.05) is 6.08 Å². The Balaban J connectivity index is 1.15. The minimum Gasteiger partial charge on any atom is -0.460 e. The van der Waals surface area contributed by atoms with Crippen LogP contribution in [0.25, 0.3) is 0 Å². The number of ether oxygens (including phenoxy) is 12. The molecule has 1 unspecified atom stereocenters. The molecule has 1 aromatic carbocycles. The van der Waals surface area contributed by atoms with E-state index >= 15 is 0 Å². The van der Waals surface area contributed by atoms with Crippen molar-refractivity contribution in [1.29, 1.82) is 0 Å². The van der Waals surface area contributed by atoms with Gasteiger partial charge in [0.05, 0.1) is 105 Å². The van der Waals surface area contributed by atoms with E-state index in [9.17, 15) is 19.2 Å². The summed E-state index contributed by atoms with van der Waals surface area (Å²) in [5.74, 6) is 4.34. The van der Waals surface area contributed by atoms with Gasteiger partial charge in [-0.1, -0.05) is 25.2 Å². The number of hydrogen-bond donors (Lipinski definition) is 0. The fourth-order valence-electron chi connectivity index (χ4n) is 5.71. The number of hydrogen-bond acceptors (Lipinski definition) is 16. The zero-order valence-corrected chi connectivity index (χ0v) is 34.5. The van der Waals surface area contributed by atoms with Gasteiger partial charge in [-0.15, -0.1) is 0 Å². The van der Waals surface area contributed by atoms with Crippen LogP contribution in [0, 0.1) is 17.8 Å². The molecule has 0 N–H and O–H groups in total. The van der Waals surface area contributed by atoms with Gasteiger partial charge in [0.2, 0.25) is 0 Å². The van der Waals surface area contributed by atoms with Gasteiger partial charge in [-0.3, -0.25) is 0 Å². The van der Waals surface area contributed by atoms with Crippen molar-refractivity contribution in [3.63, 3.8) is 0 Å². The molecule has 0 amide bonds. The Labute approximate surface area is 352 Å². The second-order valence-electron chi connectivity index (χ2n) is 13.3. The van der Waals surface area contributed by atoms with Gasteiger partial charge in [0.1, 0.15) is 24.7 Å². The molecule has 16 nitrogen and oxygen atoms in total. The van der Waals surface area contributed by atoms with Crippen molar-refractivity contribution in [3.05, 3.63) is 61.2 Å². The second-order valence-corrected chi connectivity index (χ2v) is 13.3. The Morgan fingerprint density at radius 1 is 0.550 bits per heavy atom. The summed E-state index contributed by atoms with van der Waals surface area (Å²) in [6.07, 6.45) is 9.36. The normalized spacial score (nSPS) is 17.3. The predicted octanol–water partition coefficient (Wildman–Crippen LogP) is 4.13. The van der Waals surface area contributed by atoms with Crippen molar-refractivity contribution in [3.8, 4) is 23.3 Å². The number of carbonyl (C=O) groups excluding carboxylic acids is 4. The summed E-state index contributed by atoms with van der Waals surface area (Å²) >= 11 is 0.